The van der Waals surface area contributed by atoms with Gasteiger partial charge in [0.15, 0.2) is 5.82 Å². The molecule has 0 heterocycles. The Labute approximate surface area is 170 Å². The number of halogens is 3. The fourth-order valence-corrected chi connectivity index (χ4v) is 3.16. The van der Waals surface area contributed by atoms with Gasteiger partial charge in [-0.1, -0.05) is 27.5 Å². The van der Waals surface area contributed by atoms with Gasteiger partial charge in [-0.3, -0.25) is 9.63 Å². The summed E-state index contributed by atoms with van der Waals surface area (Å²) in [6.45, 7) is 1.29. The van der Waals surface area contributed by atoms with Crippen molar-refractivity contribution in [3.63, 3.8) is 0 Å². The second kappa shape index (κ2) is 9.36. The van der Waals surface area contributed by atoms with E-state index in [-0.39, 0.29) is 24.5 Å². The zero-order chi connectivity index (χ0) is 20.1. The number of aliphatic hydroxyl groups excluding tert-OH is 1. The van der Waals surface area contributed by atoms with Crippen LogP contribution in [0.5, 0.6) is 0 Å². The summed E-state index contributed by atoms with van der Waals surface area (Å²) in [5.41, 5.74) is 3.59. The third kappa shape index (κ3) is 5.10. The largest absolute Gasteiger partial charge is 0.394 e. The summed E-state index contributed by atoms with van der Waals surface area (Å²) in [4.78, 5) is 19.1. The second-order valence-corrected chi connectivity index (χ2v) is 7.23. The van der Waals surface area contributed by atoms with Crippen molar-refractivity contribution < 1.29 is 19.1 Å². The maximum atomic E-state index is 15.1. The van der Waals surface area contributed by atoms with Crippen LogP contribution in [-0.4, -0.2) is 38.3 Å². The van der Waals surface area contributed by atoms with Gasteiger partial charge in [-0.05, 0) is 31.2 Å². The quantitative estimate of drug-likeness (QED) is 0.430. The van der Waals surface area contributed by atoms with Crippen molar-refractivity contribution >= 4 is 50.5 Å². The van der Waals surface area contributed by atoms with Gasteiger partial charge < -0.3 is 15.3 Å². The van der Waals surface area contributed by atoms with Gasteiger partial charge in [0.25, 0.3) is 5.91 Å². The van der Waals surface area contributed by atoms with Gasteiger partial charge in [0.05, 0.1) is 35.2 Å². The topological polar surface area (TPSA) is 73.8 Å². The number of hydrogen-bond acceptors (Lipinski definition) is 5. The normalized spacial score (nSPS) is 10.6. The molecule has 0 radical (unpaired) electrons. The summed E-state index contributed by atoms with van der Waals surface area (Å²) in [7, 11) is 3.51. The number of carbonyl (C=O) groups excluding carboxylic acids is 1. The Balaban J connectivity index is 2.52. The highest BCUT2D eigenvalue weighted by Gasteiger charge is 2.22. The van der Waals surface area contributed by atoms with Gasteiger partial charge in [0, 0.05) is 29.8 Å². The number of hydrogen-bond donors (Lipinski definition) is 3. The van der Waals surface area contributed by atoms with Crippen molar-refractivity contribution in [2.75, 3.05) is 37.5 Å². The number of rotatable bonds is 7. The maximum absolute atomic E-state index is 15.1. The number of benzene rings is 2. The molecule has 3 N–H and O–H groups in total. The van der Waals surface area contributed by atoms with Crippen LogP contribution in [0.25, 0.3) is 0 Å². The van der Waals surface area contributed by atoms with E-state index in [1.165, 1.54) is 0 Å². The molecule has 6 nitrogen and oxygen atoms in total. The molecule has 1 amide bonds. The maximum Gasteiger partial charge on any atom is 0.277 e. The molecule has 0 aliphatic heterocycles. The molecule has 2 rings (SSSR count). The molecule has 0 atom stereocenters. The fraction of sp³-hybridized carbons (Fsp3) is 0.278. The lowest BCUT2D eigenvalue weighted by Crippen LogP contribution is -2.27. The minimum Gasteiger partial charge on any atom is -0.394 e. The lowest BCUT2D eigenvalue weighted by atomic mass is 10.0. The molecule has 0 saturated carbocycles. The minimum atomic E-state index is -0.652. The third-order valence-corrected chi connectivity index (χ3v) is 4.56. The van der Waals surface area contributed by atoms with Crippen molar-refractivity contribution in [3.8, 4) is 0 Å². The Bertz CT molecular complexity index is 849. The summed E-state index contributed by atoms with van der Waals surface area (Å²) in [6, 6.07) is 6.64. The molecule has 27 heavy (non-hydrogen) atoms. The molecule has 0 fully saturated rings. The van der Waals surface area contributed by atoms with Crippen LogP contribution >= 0.6 is 27.5 Å². The summed E-state index contributed by atoms with van der Waals surface area (Å²) in [6.07, 6.45) is 0. The minimum absolute atomic E-state index is 0.0209. The molecule has 146 valence electrons. The molecule has 0 saturated heterocycles. The number of amides is 1. The zero-order valence-corrected chi connectivity index (χ0v) is 17.4. The zero-order valence-electron chi connectivity index (χ0n) is 15.1. The Morgan fingerprint density at radius 3 is 2.67 bits per heavy atom. The highest BCUT2D eigenvalue weighted by molar-refractivity contribution is 9.10. The molecule has 0 aliphatic carbocycles. The van der Waals surface area contributed by atoms with Crippen molar-refractivity contribution in [2.24, 2.45) is 0 Å². The van der Waals surface area contributed by atoms with E-state index in [0.717, 1.165) is 4.47 Å². The first kappa shape index (κ1) is 21.4. The molecule has 0 spiro atoms. The molecule has 0 aliphatic rings. The Morgan fingerprint density at radius 2 is 2.07 bits per heavy atom. The lowest BCUT2D eigenvalue weighted by Gasteiger charge is -2.21. The van der Waals surface area contributed by atoms with E-state index < -0.39 is 11.7 Å². The molecule has 0 bridgehead atoms. The Kier molecular flexibility index (Phi) is 7.43. The van der Waals surface area contributed by atoms with Crippen LogP contribution in [-0.2, 0) is 4.84 Å². The monoisotopic (exact) mass is 459 g/mol. The van der Waals surface area contributed by atoms with Gasteiger partial charge in [0.1, 0.15) is 0 Å². The van der Waals surface area contributed by atoms with Crippen LogP contribution < -0.4 is 15.7 Å². The van der Waals surface area contributed by atoms with E-state index in [1.807, 2.05) is 0 Å². The smallest absolute Gasteiger partial charge is 0.277 e. The first-order valence-electron chi connectivity index (χ1n) is 8.01. The average Bonchev–Trinajstić information content (AvgIpc) is 2.60. The van der Waals surface area contributed by atoms with E-state index in [4.69, 9.17) is 21.5 Å². The molecule has 2 aromatic rings. The van der Waals surface area contributed by atoms with Crippen molar-refractivity contribution in [3.05, 3.63) is 50.7 Å². The van der Waals surface area contributed by atoms with Gasteiger partial charge in [-0.15, -0.1) is 0 Å². The third-order valence-electron chi connectivity index (χ3n) is 3.76. The fourth-order valence-electron chi connectivity index (χ4n) is 2.44. The number of carbonyl (C=O) groups is 1. The predicted octanol–water partition coefficient (Wildman–Crippen LogP) is 4.01. The summed E-state index contributed by atoms with van der Waals surface area (Å²) in [5.74, 6) is -1.23. The van der Waals surface area contributed by atoms with E-state index >= 15 is 4.39 Å². The van der Waals surface area contributed by atoms with Gasteiger partial charge in [0.2, 0.25) is 0 Å². The predicted molar refractivity (Wildman–Crippen MR) is 108 cm³/mol. The molecular weight excluding hydrogens is 441 g/mol. The highest BCUT2D eigenvalue weighted by Crippen LogP contribution is 2.35. The molecule has 0 aromatic heterocycles. The first-order valence-corrected chi connectivity index (χ1v) is 9.18. The van der Waals surface area contributed by atoms with E-state index in [1.54, 1.807) is 50.2 Å². The number of anilines is 3. The first-order chi connectivity index (χ1) is 12.8. The molecular formula is C18H20BrClFN3O3. The highest BCUT2D eigenvalue weighted by atomic mass is 79.9. The van der Waals surface area contributed by atoms with Crippen LogP contribution in [0.3, 0.4) is 0 Å². The van der Waals surface area contributed by atoms with Crippen LogP contribution in [0.1, 0.15) is 15.9 Å². The van der Waals surface area contributed by atoms with Crippen LogP contribution in [0.2, 0.25) is 5.02 Å². The standard InChI is InChI=1S/C18H20BrClFN3O3/c1-10-15(24(2)3)9-12(18(26)23-27-7-6-25)17(16(10)21)22-14-5-4-11(19)8-13(14)20/h4-5,8-9,22,25H,6-7H2,1-3H3,(H,23,26). The molecule has 0 unspecified atom stereocenters. The van der Waals surface area contributed by atoms with Gasteiger partial charge in [-0.25, -0.2) is 9.87 Å². The van der Waals surface area contributed by atoms with Gasteiger partial charge in [-0.2, -0.15) is 0 Å². The number of hydroxylamine groups is 1. The van der Waals surface area contributed by atoms with Crippen LogP contribution in [0, 0.1) is 12.7 Å². The number of aliphatic hydroxyl groups is 1. The Morgan fingerprint density at radius 1 is 1.37 bits per heavy atom. The summed E-state index contributed by atoms with van der Waals surface area (Å²) >= 11 is 9.52. The van der Waals surface area contributed by atoms with Crippen LogP contribution in [0.4, 0.5) is 21.5 Å². The average molecular weight is 461 g/mol. The SMILES string of the molecule is Cc1c(N(C)C)cc(C(=O)NOCCO)c(Nc2ccc(Br)cc2Cl)c1F. The van der Waals surface area contributed by atoms with Gasteiger partial charge >= 0.3 is 0 Å². The number of nitrogens with one attached hydrogen (secondary N) is 2. The Hall–Kier alpha value is -1.87. The number of nitrogens with zero attached hydrogens (tertiary/aromatic N) is 1. The van der Waals surface area contributed by atoms with E-state index in [0.29, 0.717) is 22.0 Å². The molecule has 9 heteroatoms. The summed E-state index contributed by atoms with van der Waals surface area (Å²) in [5, 5.41) is 12.0. The van der Waals surface area contributed by atoms with Crippen molar-refractivity contribution in [2.45, 2.75) is 6.92 Å². The van der Waals surface area contributed by atoms with Crippen molar-refractivity contribution in [1.29, 1.82) is 0 Å². The summed E-state index contributed by atoms with van der Waals surface area (Å²) < 4.78 is 15.9. The molecule has 2 aromatic carbocycles. The van der Waals surface area contributed by atoms with E-state index in [2.05, 4.69) is 26.7 Å². The lowest BCUT2D eigenvalue weighted by molar-refractivity contribution is 0.0169. The second-order valence-electron chi connectivity index (χ2n) is 5.90. The van der Waals surface area contributed by atoms with E-state index in [9.17, 15) is 4.79 Å². The van der Waals surface area contributed by atoms with Crippen LogP contribution in [0.15, 0.2) is 28.7 Å². The van der Waals surface area contributed by atoms with Crippen molar-refractivity contribution in [1.82, 2.24) is 5.48 Å².